The molecule has 0 fully saturated rings. The molecule has 0 aliphatic carbocycles. The SMILES string of the molecule is CCCCNC(=O)[C@@H](O)CC[C@H](N)C[C@H](Cc1ccc(C(C)(C)C)c(OCC(=O)O)c1)C(C)C. The summed E-state index contributed by atoms with van der Waals surface area (Å²) in [6.45, 7) is 12.8. The average molecular weight is 479 g/mol. The molecule has 0 heterocycles. The van der Waals surface area contributed by atoms with E-state index in [1.165, 1.54) is 0 Å². The highest BCUT2D eigenvalue weighted by Gasteiger charge is 2.23. The van der Waals surface area contributed by atoms with Crippen LogP contribution in [0.5, 0.6) is 5.75 Å². The van der Waals surface area contributed by atoms with Crippen molar-refractivity contribution < 1.29 is 24.5 Å². The molecule has 1 aromatic carbocycles. The molecule has 3 atom stereocenters. The number of amides is 1. The fourth-order valence-electron chi connectivity index (χ4n) is 3.98. The number of ether oxygens (including phenoxy) is 1. The van der Waals surface area contributed by atoms with Gasteiger partial charge in [-0.15, -0.1) is 0 Å². The predicted molar refractivity (Wildman–Crippen MR) is 136 cm³/mol. The predicted octanol–water partition coefficient (Wildman–Crippen LogP) is 4.04. The second kappa shape index (κ2) is 14.3. The van der Waals surface area contributed by atoms with E-state index >= 15 is 0 Å². The van der Waals surface area contributed by atoms with Crippen LogP contribution in [0.4, 0.5) is 0 Å². The van der Waals surface area contributed by atoms with Crippen molar-refractivity contribution in [2.75, 3.05) is 13.2 Å². The summed E-state index contributed by atoms with van der Waals surface area (Å²) >= 11 is 0. The summed E-state index contributed by atoms with van der Waals surface area (Å²) in [4.78, 5) is 23.0. The number of carbonyl (C=O) groups is 2. The molecule has 0 aromatic heterocycles. The molecule has 1 amide bonds. The van der Waals surface area contributed by atoms with E-state index < -0.39 is 12.1 Å². The van der Waals surface area contributed by atoms with Crippen LogP contribution in [0.1, 0.15) is 84.8 Å². The van der Waals surface area contributed by atoms with Crippen molar-refractivity contribution in [3.8, 4) is 5.75 Å². The van der Waals surface area contributed by atoms with Crippen molar-refractivity contribution in [1.29, 1.82) is 0 Å². The summed E-state index contributed by atoms with van der Waals surface area (Å²) in [5.74, 6) is -0.0276. The van der Waals surface area contributed by atoms with Gasteiger partial charge in [0.1, 0.15) is 11.9 Å². The van der Waals surface area contributed by atoms with Crippen molar-refractivity contribution in [1.82, 2.24) is 5.32 Å². The molecule has 0 saturated carbocycles. The maximum Gasteiger partial charge on any atom is 0.341 e. The number of nitrogens with two attached hydrogens (primary N) is 1. The molecule has 0 spiro atoms. The number of unbranched alkanes of at least 4 members (excludes halogenated alkanes) is 1. The molecule has 7 nitrogen and oxygen atoms in total. The Morgan fingerprint density at radius 3 is 2.41 bits per heavy atom. The Morgan fingerprint density at radius 1 is 1.18 bits per heavy atom. The standard InChI is InChI=1S/C27H46N2O5/c1-7-8-13-29-26(33)23(30)12-10-21(28)16-20(18(2)3)14-19-9-11-22(27(4,5)6)24(15-19)34-17-25(31)32/h9,11,15,18,20-21,23,30H,7-8,10,12-14,16-17,28H2,1-6H3,(H,29,33)(H,31,32)/t20-,21-,23-/m0/s1. The van der Waals surface area contributed by atoms with Crippen LogP contribution in [0.2, 0.25) is 0 Å². The highest BCUT2D eigenvalue weighted by atomic mass is 16.5. The second-order valence-electron chi connectivity index (χ2n) is 10.7. The lowest BCUT2D eigenvalue weighted by atomic mass is 9.81. The number of carboxylic acids is 1. The van der Waals surface area contributed by atoms with E-state index in [0.717, 1.165) is 36.8 Å². The largest absolute Gasteiger partial charge is 0.482 e. The Hall–Kier alpha value is -2.12. The highest BCUT2D eigenvalue weighted by Crippen LogP contribution is 2.34. The molecule has 0 saturated heterocycles. The summed E-state index contributed by atoms with van der Waals surface area (Å²) < 4.78 is 5.62. The second-order valence-corrected chi connectivity index (χ2v) is 10.7. The molecule has 1 aromatic rings. The molecule has 1 rings (SSSR count). The zero-order valence-electron chi connectivity index (χ0n) is 21.9. The van der Waals surface area contributed by atoms with Gasteiger partial charge in [-0.3, -0.25) is 4.79 Å². The van der Waals surface area contributed by atoms with E-state index in [1.54, 1.807) is 0 Å². The van der Waals surface area contributed by atoms with Crippen molar-refractivity contribution in [3.05, 3.63) is 29.3 Å². The van der Waals surface area contributed by atoms with Crippen LogP contribution in [0, 0.1) is 11.8 Å². The van der Waals surface area contributed by atoms with Gasteiger partial charge in [-0.25, -0.2) is 4.79 Å². The molecule has 34 heavy (non-hydrogen) atoms. The van der Waals surface area contributed by atoms with Crippen LogP contribution >= 0.6 is 0 Å². The van der Waals surface area contributed by atoms with Gasteiger partial charge in [0.05, 0.1) is 0 Å². The fraction of sp³-hybridized carbons (Fsp3) is 0.704. The molecule has 0 unspecified atom stereocenters. The lowest BCUT2D eigenvalue weighted by Crippen LogP contribution is -2.36. The van der Waals surface area contributed by atoms with Crippen molar-refractivity contribution >= 4 is 11.9 Å². The zero-order valence-corrected chi connectivity index (χ0v) is 21.9. The molecule has 194 valence electrons. The highest BCUT2D eigenvalue weighted by molar-refractivity contribution is 5.80. The average Bonchev–Trinajstić information content (AvgIpc) is 2.74. The van der Waals surface area contributed by atoms with E-state index in [2.05, 4.69) is 52.9 Å². The third-order valence-electron chi connectivity index (χ3n) is 6.19. The number of hydrogen-bond donors (Lipinski definition) is 4. The zero-order chi connectivity index (χ0) is 25.9. The lowest BCUT2D eigenvalue weighted by Gasteiger charge is -2.27. The summed E-state index contributed by atoms with van der Waals surface area (Å²) in [6.07, 6.45) is 3.34. The first-order chi connectivity index (χ1) is 15.8. The first-order valence-corrected chi connectivity index (χ1v) is 12.5. The van der Waals surface area contributed by atoms with Crippen molar-refractivity contribution in [2.45, 2.75) is 97.6 Å². The van der Waals surface area contributed by atoms with E-state index in [0.29, 0.717) is 37.0 Å². The molecule has 0 bridgehead atoms. The molecule has 5 N–H and O–H groups in total. The molecule has 7 heteroatoms. The summed E-state index contributed by atoms with van der Waals surface area (Å²) in [5, 5.41) is 21.9. The van der Waals surface area contributed by atoms with Gasteiger partial charge in [0.2, 0.25) is 5.91 Å². The fourth-order valence-corrected chi connectivity index (χ4v) is 3.98. The monoisotopic (exact) mass is 478 g/mol. The van der Waals surface area contributed by atoms with Gasteiger partial charge in [0.15, 0.2) is 6.61 Å². The third kappa shape index (κ3) is 10.9. The lowest BCUT2D eigenvalue weighted by molar-refractivity contribution is -0.139. The van der Waals surface area contributed by atoms with Gasteiger partial charge in [-0.05, 0) is 66.5 Å². The molecule has 0 aliphatic rings. The number of nitrogens with one attached hydrogen (secondary N) is 1. The Kier molecular flexibility index (Phi) is 12.6. The van der Waals surface area contributed by atoms with E-state index in [1.807, 2.05) is 12.1 Å². The Balaban J connectivity index is 2.79. The maximum atomic E-state index is 12.0. The van der Waals surface area contributed by atoms with Gasteiger partial charge in [0, 0.05) is 12.6 Å². The maximum absolute atomic E-state index is 12.0. The summed E-state index contributed by atoms with van der Waals surface area (Å²) in [7, 11) is 0. The molecular formula is C27H46N2O5. The van der Waals surface area contributed by atoms with Crippen molar-refractivity contribution in [2.24, 2.45) is 17.6 Å². The third-order valence-corrected chi connectivity index (χ3v) is 6.19. The van der Waals surface area contributed by atoms with E-state index in [-0.39, 0.29) is 24.0 Å². The number of aliphatic carboxylic acids is 1. The number of hydrogen-bond acceptors (Lipinski definition) is 5. The minimum Gasteiger partial charge on any atom is -0.482 e. The van der Waals surface area contributed by atoms with E-state index in [9.17, 15) is 14.7 Å². The number of rotatable bonds is 15. The first-order valence-electron chi connectivity index (χ1n) is 12.5. The van der Waals surface area contributed by atoms with Gasteiger partial charge in [0.25, 0.3) is 0 Å². The first kappa shape index (κ1) is 29.9. The minimum absolute atomic E-state index is 0.123. The van der Waals surface area contributed by atoms with Crippen LogP contribution < -0.4 is 15.8 Å². The van der Waals surface area contributed by atoms with Crippen LogP contribution in [0.3, 0.4) is 0 Å². The van der Waals surface area contributed by atoms with Crippen LogP contribution in [-0.4, -0.2) is 47.4 Å². The van der Waals surface area contributed by atoms with Gasteiger partial charge >= 0.3 is 5.97 Å². The van der Waals surface area contributed by atoms with Gasteiger partial charge in [-0.1, -0.05) is 60.1 Å². The number of benzene rings is 1. The number of carbonyl (C=O) groups excluding carboxylic acids is 1. The van der Waals surface area contributed by atoms with Gasteiger partial charge in [-0.2, -0.15) is 0 Å². The topological polar surface area (TPSA) is 122 Å². The van der Waals surface area contributed by atoms with Crippen molar-refractivity contribution in [3.63, 3.8) is 0 Å². The van der Waals surface area contributed by atoms with Crippen LogP contribution in [0.25, 0.3) is 0 Å². The quantitative estimate of drug-likeness (QED) is 0.282. The number of aliphatic hydroxyl groups is 1. The van der Waals surface area contributed by atoms with Gasteiger partial charge < -0.3 is 26.0 Å². The Labute approximate surface area is 205 Å². The smallest absolute Gasteiger partial charge is 0.341 e. The Morgan fingerprint density at radius 2 is 1.85 bits per heavy atom. The molecular weight excluding hydrogens is 432 g/mol. The van der Waals surface area contributed by atoms with E-state index in [4.69, 9.17) is 15.6 Å². The number of aliphatic hydroxyl groups excluding tert-OH is 1. The number of carboxylic acid groups (broad SMARTS) is 1. The Bertz CT molecular complexity index is 773. The van der Waals surface area contributed by atoms with Crippen LogP contribution in [-0.2, 0) is 21.4 Å². The molecule has 0 aliphatic heterocycles. The van der Waals surface area contributed by atoms with Crippen LogP contribution in [0.15, 0.2) is 18.2 Å². The summed E-state index contributed by atoms with van der Waals surface area (Å²) in [5.41, 5.74) is 8.28. The summed E-state index contributed by atoms with van der Waals surface area (Å²) in [6, 6.07) is 5.94. The molecule has 0 radical (unpaired) electrons. The normalized spacial score (nSPS) is 14.5. The minimum atomic E-state index is -1.03.